The standard InChI is InChI=1S/C7H14N2S/c1-6(2)10-4-3-7(9)5-8/h6-7H,3-4,9H2,1-2H3. The molecule has 1 atom stereocenters. The molecule has 0 aliphatic heterocycles. The van der Waals surface area contributed by atoms with E-state index in [2.05, 4.69) is 13.8 Å². The molecular weight excluding hydrogens is 144 g/mol. The van der Waals surface area contributed by atoms with Gasteiger partial charge in [0.2, 0.25) is 0 Å². The van der Waals surface area contributed by atoms with Gasteiger partial charge < -0.3 is 5.73 Å². The van der Waals surface area contributed by atoms with E-state index in [9.17, 15) is 0 Å². The zero-order valence-electron chi connectivity index (χ0n) is 6.50. The highest BCUT2D eigenvalue weighted by Gasteiger charge is 1.99. The molecule has 0 aliphatic rings. The fourth-order valence-electron chi connectivity index (χ4n) is 0.495. The first kappa shape index (κ1) is 9.80. The minimum absolute atomic E-state index is 0.272. The summed E-state index contributed by atoms with van der Waals surface area (Å²) in [7, 11) is 0. The van der Waals surface area contributed by atoms with Crippen molar-refractivity contribution in [3.05, 3.63) is 0 Å². The van der Waals surface area contributed by atoms with E-state index < -0.39 is 0 Å². The van der Waals surface area contributed by atoms with Crippen molar-refractivity contribution >= 4 is 11.8 Å². The van der Waals surface area contributed by atoms with Crippen molar-refractivity contribution in [1.82, 2.24) is 0 Å². The lowest BCUT2D eigenvalue weighted by atomic mass is 10.3. The summed E-state index contributed by atoms with van der Waals surface area (Å²) in [5.41, 5.74) is 5.38. The smallest absolute Gasteiger partial charge is 0.0935 e. The van der Waals surface area contributed by atoms with E-state index in [1.807, 2.05) is 17.8 Å². The first-order valence-corrected chi connectivity index (χ1v) is 4.48. The molecule has 2 N–H and O–H groups in total. The fourth-order valence-corrected chi connectivity index (χ4v) is 1.36. The molecule has 0 saturated heterocycles. The second kappa shape index (κ2) is 5.57. The van der Waals surface area contributed by atoms with Crippen LogP contribution in [0.3, 0.4) is 0 Å². The number of nitrogens with zero attached hydrogens (tertiary/aromatic N) is 1. The van der Waals surface area contributed by atoms with Gasteiger partial charge in [0.1, 0.15) is 0 Å². The zero-order valence-corrected chi connectivity index (χ0v) is 7.32. The summed E-state index contributed by atoms with van der Waals surface area (Å²) in [5.74, 6) is 0.992. The monoisotopic (exact) mass is 158 g/mol. The summed E-state index contributed by atoms with van der Waals surface area (Å²) in [5, 5.41) is 8.96. The molecular formula is C7H14N2S. The molecule has 0 rings (SSSR count). The Bertz CT molecular complexity index is 117. The second-order valence-corrected chi connectivity index (χ2v) is 4.13. The summed E-state index contributed by atoms with van der Waals surface area (Å²) < 4.78 is 0. The van der Waals surface area contributed by atoms with E-state index >= 15 is 0 Å². The molecule has 1 unspecified atom stereocenters. The quantitative estimate of drug-likeness (QED) is 0.672. The van der Waals surface area contributed by atoms with Crippen LogP contribution in [0.5, 0.6) is 0 Å². The van der Waals surface area contributed by atoms with Crippen LogP contribution in [0.15, 0.2) is 0 Å². The molecule has 0 spiro atoms. The van der Waals surface area contributed by atoms with Gasteiger partial charge in [-0.3, -0.25) is 0 Å². The third-order valence-electron chi connectivity index (χ3n) is 1.05. The summed E-state index contributed by atoms with van der Waals surface area (Å²) in [4.78, 5) is 0. The van der Waals surface area contributed by atoms with Crippen molar-refractivity contribution in [3.8, 4) is 6.07 Å². The van der Waals surface area contributed by atoms with Gasteiger partial charge in [-0.2, -0.15) is 17.0 Å². The lowest BCUT2D eigenvalue weighted by Gasteiger charge is -2.04. The molecule has 0 amide bonds. The Hall–Kier alpha value is -0.200. The Balaban J connectivity index is 3.13. The van der Waals surface area contributed by atoms with Crippen LogP contribution in [0.25, 0.3) is 0 Å². The predicted octanol–water partition coefficient (Wildman–Crippen LogP) is 1.37. The van der Waals surface area contributed by atoms with Crippen molar-refractivity contribution in [1.29, 1.82) is 5.26 Å². The summed E-state index contributed by atoms with van der Waals surface area (Å²) in [6, 6.07) is 1.73. The Morgan fingerprint density at radius 1 is 1.60 bits per heavy atom. The third-order valence-corrected chi connectivity index (χ3v) is 2.18. The Labute approximate surface area is 66.8 Å². The highest BCUT2D eigenvalue weighted by Crippen LogP contribution is 2.10. The SMILES string of the molecule is CC(C)SCCC(N)C#N. The van der Waals surface area contributed by atoms with Crippen molar-refractivity contribution in [2.24, 2.45) is 5.73 Å². The highest BCUT2D eigenvalue weighted by atomic mass is 32.2. The number of hydrogen-bond donors (Lipinski definition) is 1. The van der Waals surface area contributed by atoms with Gasteiger partial charge in [-0.1, -0.05) is 13.8 Å². The minimum atomic E-state index is -0.272. The summed E-state index contributed by atoms with van der Waals surface area (Å²) in [6.07, 6.45) is 0.805. The largest absolute Gasteiger partial charge is 0.316 e. The molecule has 10 heavy (non-hydrogen) atoms. The number of nitriles is 1. The Morgan fingerprint density at radius 2 is 2.20 bits per heavy atom. The van der Waals surface area contributed by atoms with Crippen LogP contribution in [-0.4, -0.2) is 17.0 Å². The number of rotatable bonds is 4. The van der Waals surface area contributed by atoms with Crippen molar-refractivity contribution in [2.75, 3.05) is 5.75 Å². The maximum absolute atomic E-state index is 8.32. The topological polar surface area (TPSA) is 49.8 Å². The van der Waals surface area contributed by atoms with Crippen molar-refractivity contribution < 1.29 is 0 Å². The minimum Gasteiger partial charge on any atom is -0.316 e. The van der Waals surface area contributed by atoms with E-state index in [-0.39, 0.29) is 6.04 Å². The average Bonchev–Trinajstić information content (AvgIpc) is 1.87. The van der Waals surface area contributed by atoms with Gasteiger partial charge >= 0.3 is 0 Å². The van der Waals surface area contributed by atoms with Crippen LogP contribution in [0, 0.1) is 11.3 Å². The maximum Gasteiger partial charge on any atom is 0.0935 e. The van der Waals surface area contributed by atoms with E-state index in [1.165, 1.54) is 0 Å². The van der Waals surface area contributed by atoms with Crippen LogP contribution in [-0.2, 0) is 0 Å². The van der Waals surface area contributed by atoms with Crippen LogP contribution >= 0.6 is 11.8 Å². The number of hydrogen-bond acceptors (Lipinski definition) is 3. The predicted molar refractivity (Wildman–Crippen MR) is 45.8 cm³/mol. The molecule has 0 radical (unpaired) electrons. The van der Waals surface area contributed by atoms with Crippen LogP contribution in [0.1, 0.15) is 20.3 Å². The summed E-state index contributed by atoms with van der Waals surface area (Å²) in [6.45, 7) is 4.28. The van der Waals surface area contributed by atoms with Crippen molar-refractivity contribution in [2.45, 2.75) is 31.6 Å². The van der Waals surface area contributed by atoms with E-state index in [0.29, 0.717) is 5.25 Å². The first-order chi connectivity index (χ1) is 4.66. The van der Waals surface area contributed by atoms with Crippen LogP contribution in [0.4, 0.5) is 0 Å². The van der Waals surface area contributed by atoms with Gasteiger partial charge in [0.15, 0.2) is 0 Å². The molecule has 0 heterocycles. The highest BCUT2D eigenvalue weighted by molar-refractivity contribution is 7.99. The molecule has 0 aromatic rings. The molecule has 0 aromatic carbocycles. The van der Waals surface area contributed by atoms with Crippen LogP contribution < -0.4 is 5.73 Å². The molecule has 0 aromatic heterocycles. The lowest BCUT2D eigenvalue weighted by Crippen LogP contribution is -2.18. The Morgan fingerprint density at radius 3 is 2.60 bits per heavy atom. The third kappa shape index (κ3) is 5.93. The zero-order chi connectivity index (χ0) is 7.98. The Kier molecular flexibility index (Phi) is 5.46. The molecule has 58 valence electrons. The molecule has 0 saturated carbocycles. The lowest BCUT2D eigenvalue weighted by molar-refractivity contribution is 0.802. The van der Waals surface area contributed by atoms with Gasteiger partial charge in [0.05, 0.1) is 12.1 Å². The first-order valence-electron chi connectivity index (χ1n) is 3.43. The molecule has 2 nitrogen and oxygen atoms in total. The average molecular weight is 158 g/mol. The number of thioether (sulfide) groups is 1. The van der Waals surface area contributed by atoms with E-state index in [1.54, 1.807) is 0 Å². The van der Waals surface area contributed by atoms with Gasteiger partial charge in [-0.05, 0) is 17.4 Å². The maximum atomic E-state index is 8.32. The second-order valence-electron chi connectivity index (χ2n) is 2.44. The van der Waals surface area contributed by atoms with Gasteiger partial charge in [-0.25, -0.2) is 0 Å². The normalized spacial score (nSPS) is 13.1. The number of nitrogens with two attached hydrogens (primary N) is 1. The molecule has 0 bridgehead atoms. The van der Waals surface area contributed by atoms with E-state index in [4.69, 9.17) is 11.0 Å². The van der Waals surface area contributed by atoms with Gasteiger partial charge in [-0.15, -0.1) is 0 Å². The van der Waals surface area contributed by atoms with Crippen LogP contribution in [0.2, 0.25) is 0 Å². The van der Waals surface area contributed by atoms with Crippen molar-refractivity contribution in [3.63, 3.8) is 0 Å². The molecule has 0 fully saturated rings. The summed E-state index contributed by atoms with van der Waals surface area (Å²) >= 11 is 1.84. The molecule has 0 aliphatic carbocycles. The van der Waals surface area contributed by atoms with E-state index in [0.717, 1.165) is 12.2 Å². The molecule has 3 heteroatoms. The fraction of sp³-hybridized carbons (Fsp3) is 0.857. The van der Waals surface area contributed by atoms with Gasteiger partial charge in [0.25, 0.3) is 0 Å². The van der Waals surface area contributed by atoms with Gasteiger partial charge in [0, 0.05) is 0 Å².